The number of anilines is 1. The Bertz CT molecular complexity index is 1400. The van der Waals surface area contributed by atoms with E-state index in [1.807, 2.05) is 6.07 Å². The van der Waals surface area contributed by atoms with Crippen LogP contribution in [0.15, 0.2) is 47.4 Å². The van der Waals surface area contributed by atoms with Gasteiger partial charge in [-0.15, -0.1) is 0 Å². The number of aromatic nitrogens is 1. The minimum absolute atomic E-state index is 0.0100. The molecule has 2 aromatic carbocycles. The molecule has 2 aliphatic rings. The van der Waals surface area contributed by atoms with E-state index >= 15 is 8.78 Å². The van der Waals surface area contributed by atoms with Gasteiger partial charge in [-0.05, 0) is 37.3 Å². The van der Waals surface area contributed by atoms with Crippen LogP contribution in [0.3, 0.4) is 0 Å². The van der Waals surface area contributed by atoms with E-state index in [1.54, 1.807) is 24.3 Å². The molecule has 0 amide bonds. The second-order valence-corrected chi connectivity index (χ2v) is 9.20. The highest BCUT2D eigenvalue weighted by molar-refractivity contribution is 5.94. The van der Waals surface area contributed by atoms with Gasteiger partial charge in [-0.25, -0.2) is 13.6 Å². The van der Waals surface area contributed by atoms with Crippen molar-refractivity contribution in [2.24, 2.45) is 0 Å². The summed E-state index contributed by atoms with van der Waals surface area (Å²) in [6.07, 6.45) is 3.48. The Balaban J connectivity index is 1.69. The number of methoxy groups -OCH3 is 1. The van der Waals surface area contributed by atoms with Gasteiger partial charge < -0.3 is 19.3 Å². The molecule has 1 unspecified atom stereocenters. The third kappa shape index (κ3) is 3.66. The summed E-state index contributed by atoms with van der Waals surface area (Å²) < 4.78 is 38.1. The summed E-state index contributed by atoms with van der Waals surface area (Å²) >= 11 is 0. The summed E-state index contributed by atoms with van der Waals surface area (Å²) in [5, 5.41) is 9.13. The van der Waals surface area contributed by atoms with E-state index in [9.17, 15) is 19.5 Å². The number of carboxylic acids is 1. The lowest BCUT2D eigenvalue weighted by Crippen LogP contribution is -2.52. The molecule has 1 atom stereocenters. The molecule has 182 valence electrons. The smallest absolute Gasteiger partial charge is 0.341 e. The van der Waals surface area contributed by atoms with Crippen LogP contribution < -0.4 is 10.3 Å². The summed E-state index contributed by atoms with van der Waals surface area (Å²) in [6, 6.07) is 9.76. The van der Waals surface area contributed by atoms with E-state index in [4.69, 9.17) is 4.74 Å². The molecule has 2 heterocycles. The summed E-state index contributed by atoms with van der Waals surface area (Å²) in [5.74, 6) is -3.85. The van der Waals surface area contributed by atoms with Crippen molar-refractivity contribution in [2.45, 2.75) is 37.1 Å². The highest BCUT2D eigenvalue weighted by atomic mass is 19.1. The van der Waals surface area contributed by atoms with Gasteiger partial charge in [0.2, 0.25) is 5.43 Å². The zero-order valence-corrected chi connectivity index (χ0v) is 19.1. The molecule has 7 nitrogen and oxygen atoms in total. The van der Waals surface area contributed by atoms with Gasteiger partial charge in [0, 0.05) is 25.3 Å². The van der Waals surface area contributed by atoms with Crippen LogP contribution in [0.5, 0.6) is 0 Å². The lowest BCUT2D eigenvalue weighted by atomic mass is 9.74. The predicted octanol–water partition coefficient (Wildman–Crippen LogP) is 4.02. The van der Waals surface area contributed by atoms with E-state index in [2.05, 4.69) is 0 Å². The first-order valence-corrected chi connectivity index (χ1v) is 11.5. The highest BCUT2D eigenvalue weighted by Crippen LogP contribution is 2.42. The summed E-state index contributed by atoms with van der Waals surface area (Å²) in [7, 11) is 1.29. The topological polar surface area (TPSA) is 88.8 Å². The van der Waals surface area contributed by atoms with Crippen LogP contribution in [-0.4, -0.2) is 41.8 Å². The minimum atomic E-state index is -1.45. The van der Waals surface area contributed by atoms with Gasteiger partial charge >= 0.3 is 11.9 Å². The predicted molar refractivity (Wildman–Crippen MR) is 125 cm³/mol. The Kier molecular flexibility index (Phi) is 5.57. The molecule has 1 N–H and O–H groups in total. The zero-order valence-electron chi connectivity index (χ0n) is 19.1. The average molecular weight is 482 g/mol. The Hall–Kier alpha value is -3.75. The van der Waals surface area contributed by atoms with Gasteiger partial charge in [0.1, 0.15) is 22.5 Å². The maximum Gasteiger partial charge on any atom is 0.341 e. The molecular weight excluding hydrogens is 458 g/mol. The quantitative estimate of drug-likeness (QED) is 0.553. The number of hydrogen-bond acceptors (Lipinski definition) is 5. The maximum absolute atomic E-state index is 16.1. The van der Waals surface area contributed by atoms with E-state index in [0.717, 1.165) is 12.3 Å². The molecule has 1 aliphatic carbocycles. The standard InChI is InChI=1S/C26H24F2N2O5/c1-35-25(34)26(15-6-3-2-4-7-15)10-5-11-29(14-26)22-19(27)12-17-21(20(22)28)30(16-8-9-16)13-18(23(17)31)24(32)33/h2-4,6-7,12-13,16H,5,8-11,14H2,1H3,(H,32,33). The van der Waals surface area contributed by atoms with E-state index in [0.29, 0.717) is 37.8 Å². The number of fused-ring (bicyclic) bond motifs is 1. The van der Waals surface area contributed by atoms with Crippen molar-refractivity contribution in [3.63, 3.8) is 0 Å². The number of carboxylic acid groups (broad SMARTS) is 1. The van der Waals surface area contributed by atoms with Crippen molar-refractivity contribution in [1.29, 1.82) is 0 Å². The first-order chi connectivity index (χ1) is 16.8. The van der Waals surface area contributed by atoms with Gasteiger partial charge in [-0.1, -0.05) is 30.3 Å². The first-order valence-electron chi connectivity index (χ1n) is 11.5. The highest BCUT2D eigenvalue weighted by Gasteiger charge is 2.46. The number of rotatable bonds is 5. The third-order valence-electron chi connectivity index (χ3n) is 7.07. The Morgan fingerprint density at radius 3 is 2.51 bits per heavy atom. The summed E-state index contributed by atoms with van der Waals surface area (Å²) in [4.78, 5) is 38.9. The lowest BCUT2D eigenvalue weighted by molar-refractivity contribution is -0.148. The molecule has 9 heteroatoms. The molecule has 35 heavy (non-hydrogen) atoms. The molecule has 1 saturated carbocycles. The molecule has 0 bridgehead atoms. The first kappa shape index (κ1) is 23.0. The van der Waals surface area contributed by atoms with Crippen molar-refractivity contribution < 1.29 is 28.2 Å². The fourth-order valence-corrected chi connectivity index (χ4v) is 5.23. The fraction of sp³-hybridized carbons (Fsp3) is 0.346. The number of halogens is 2. The number of aromatic carboxylic acids is 1. The fourth-order valence-electron chi connectivity index (χ4n) is 5.23. The second kappa shape index (κ2) is 8.48. The van der Waals surface area contributed by atoms with Crippen molar-refractivity contribution in [2.75, 3.05) is 25.1 Å². The van der Waals surface area contributed by atoms with Crippen molar-refractivity contribution in [1.82, 2.24) is 4.57 Å². The largest absolute Gasteiger partial charge is 0.477 e. The number of carbonyl (C=O) groups excluding carboxylic acids is 1. The number of piperidine rings is 1. The molecule has 1 aliphatic heterocycles. The van der Waals surface area contributed by atoms with Gasteiger partial charge in [0.15, 0.2) is 5.82 Å². The molecule has 1 aromatic heterocycles. The molecular formula is C26H24F2N2O5. The second-order valence-electron chi connectivity index (χ2n) is 9.20. The minimum Gasteiger partial charge on any atom is -0.477 e. The number of benzene rings is 2. The molecule has 3 aromatic rings. The third-order valence-corrected chi connectivity index (χ3v) is 7.07. The maximum atomic E-state index is 16.1. The Morgan fingerprint density at radius 2 is 1.89 bits per heavy atom. The number of carbonyl (C=O) groups is 2. The molecule has 0 spiro atoms. The van der Waals surface area contributed by atoms with Crippen molar-refractivity contribution in [3.8, 4) is 0 Å². The number of ether oxygens (including phenoxy) is 1. The Labute approximate surface area is 199 Å². The van der Waals surface area contributed by atoms with E-state index < -0.39 is 40.0 Å². The molecule has 2 fully saturated rings. The Morgan fingerprint density at radius 1 is 1.17 bits per heavy atom. The van der Waals surface area contributed by atoms with Gasteiger partial charge in [0.05, 0.1) is 18.0 Å². The van der Waals surface area contributed by atoms with E-state index in [1.165, 1.54) is 16.6 Å². The lowest BCUT2D eigenvalue weighted by Gasteiger charge is -2.42. The number of esters is 1. The van der Waals surface area contributed by atoms with Crippen LogP contribution in [0.4, 0.5) is 14.5 Å². The van der Waals surface area contributed by atoms with Crippen molar-refractivity contribution in [3.05, 3.63) is 75.6 Å². The van der Waals surface area contributed by atoms with Crippen LogP contribution in [0.2, 0.25) is 0 Å². The van der Waals surface area contributed by atoms with Crippen LogP contribution in [0.1, 0.15) is 47.6 Å². The van der Waals surface area contributed by atoms with Crippen LogP contribution in [0.25, 0.3) is 10.9 Å². The number of pyridine rings is 1. The van der Waals surface area contributed by atoms with Crippen molar-refractivity contribution >= 4 is 28.5 Å². The number of nitrogens with zero attached hydrogens (tertiary/aromatic N) is 2. The molecule has 1 saturated heterocycles. The van der Waals surface area contributed by atoms with Gasteiger partial charge in [-0.3, -0.25) is 9.59 Å². The average Bonchev–Trinajstić information content (AvgIpc) is 3.70. The normalized spacial score (nSPS) is 20.1. The summed E-state index contributed by atoms with van der Waals surface area (Å²) in [6.45, 7) is 0.287. The summed E-state index contributed by atoms with van der Waals surface area (Å²) in [5.41, 5.74) is -2.33. The van der Waals surface area contributed by atoms with Gasteiger partial charge in [0.25, 0.3) is 0 Å². The molecule has 5 rings (SSSR count). The van der Waals surface area contributed by atoms with E-state index in [-0.39, 0.29) is 29.2 Å². The van der Waals surface area contributed by atoms with Crippen LogP contribution in [0, 0.1) is 11.6 Å². The SMILES string of the molecule is COC(=O)C1(c2ccccc2)CCCN(c2c(F)cc3c(=O)c(C(=O)O)cn(C4CC4)c3c2F)C1. The monoisotopic (exact) mass is 482 g/mol. The zero-order chi connectivity index (χ0) is 24.9. The van der Waals surface area contributed by atoms with Crippen LogP contribution in [-0.2, 0) is 14.9 Å². The molecule has 0 radical (unpaired) electrons. The number of hydrogen-bond donors (Lipinski definition) is 1. The van der Waals surface area contributed by atoms with Gasteiger partial charge in [-0.2, -0.15) is 0 Å². The van der Waals surface area contributed by atoms with Crippen LogP contribution >= 0.6 is 0 Å².